The first-order valence-electron chi connectivity index (χ1n) is 7.41. The van der Waals surface area contributed by atoms with Gasteiger partial charge in [-0.05, 0) is 19.9 Å². The van der Waals surface area contributed by atoms with Gasteiger partial charge in [-0.1, -0.05) is 0 Å². The summed E-state index contributed by atoms with van der Waals surface area (Å²) >= 11 is 0. The first-order valence-corrected chi connectivity index (χ1v) is 7.41. The van der Waals surface area contributed by atoms with Crippen LogP contribution in [0, 0.1) is 0 Å². The second kappa shape index (κ2) is 6.89. The Bertz CT molecular complexity index is 631. The number of nitrogens with zero attached hydrogens (tertiary/aromatic N) is 4. The normalized spacial score (nSPS) is 13.9. The number of aliphatic hydroxyl groups excluding tert-OH is 2. The van der Waals surface area contributed by atoms with Crippen molar-refractivity contribution in [2.24, 2.45) is 0 Å². The molecule has 0 aliphatic carbocycles. The lowest BCUT2D eigenvalue weighted by molar-refractivity contribution is 0.201. The summed E-state index contributed by atoms with van der Waals surface area (Å²) < 4.78 is 0. The number of hydrogen-bond acceptors (Lipinski definition) is 6. The summed E-state index contributed by atoms with van der Waals surface area (Å²) in [5.74, 6) is 0.772. The number of fused-ring (bicyclic) bond motifs is 1. The smallest absolute Gasteiger partial charge is 0.131 e. The number of likely N-dealkylation sites (N-methyl/N-ethyl adjacent to an activating group) is 2. The van der Waals surface area contributed by atoms with E-state index >= 15 is 0 Å². The highest BCUT2D eigenvalue weighted by atomic mass is 16.3. The van der Waals surface area contributed by atoms with Crippen LogP contribution in [-0.2, 0) is 0 Å². The first kappa shape index (κ1) is 16.5. The van der Waals surface area contributed by atoms with Crippen molar-refractivity contribution >= 4 is 22.4 Å². The zero-order valence-electron chi connectivity index (χ0n) is 13.6. The average molecular weight is 304 g/mol. The van der Waals surface area contributed by atoms with Gasteiger partial charge in [-0.25, -0.2) is 4.98 Å². The van der Waals surface area contributed by atoms with E-state index in [4.69, 9.17) is 0 Å². The Balaban J connectivity index is 2.47. The molecule has 0 radical (unpaired) electrons. The van der Waals surface area contributed by atoms with Crippen molar-refractivity contribution in [3.63, 3.8) is 0 Å². The predicted octanol–water partition coefficient (Wildman–Crippen LogP) is 1.26. The second-order valence-electron chi connectivity index (χ2n) is 5.85. The van der Waals surface area contributed by atoms with E-state index in [0.29, 0.717) is 13.1 Å². The summed E-state index contributed by atoms with van der Waals surface area (Å²) in [4.78, 5) is 12.7. The lowest BCUT2D eigenvalue weighted by Crippen LogP contribution is -2.29. The van der Waals surface area contributed by atoms with Crippen LogP contribution in [0.2, 0.25) is 0 Å². The molecule has 6 heteroatoms. The maximum Gasteiger partial charge on any atom is 0.131 e. The Morgan fingerprint density at radius 3 is 2.36 bits per heavy atom. The van der Waals surface area contributed by atoms with Gasteiger partial charge in [-0.3, -0.25) is 4.98 Å². The molecule has 2 rings (SSSR count). The largest absolute Gasteiger partial charge is 0.392 e. The van der Waals surface area contributed by atoms with E-state index in [1.165, 1.54) is 0 Å². The van der Waals surface area contributed by atoms with Crippen LogP contribution in [0.15, 0.2) is 24.5 Å². The minimum Gasteiger partial charge on any atom is -0.392 e. The number of aliphatic hydroxyl groups is 2. The Morgan fingerprint density at radius 1 is 1.09 bits per heavy atom. The molecule has 0 unspecified atom stereocenters. The molecule has 0 aliphatic heterocycles. The quantitative estimate of drug-likeness (QED) is 0.837. The van der Waals surface area contributed by atoms with E-state index < -0.39 is 12.2 Å². The fourth-order valence-corrected chi connectivity index (χ4v) is 2.54. The fraction of sp³-hybridized carbons (Fsp3) is 0.500. The molecule has 0 saturated carbocycles. The molecule has 0 spiro atoms. The summed E-state index contributed by atoms with van der Waals surface area (Å²) in [6.07, 6.45) is 2.61. The fourth-order valence-electron chi connectivity index (χ4n) is 2.54. The third-order valence-electron chi connectivity index (χ3n) is 3.46. The van der Waals surface area contributed by atoms with Gasteiger partial charge < -0.3 is 20.0 Å². The van der Waals surface area contributed by atoms with Gasteiger partial charge in [0.05, 0.1) is 23.9 Å². The number of pyridine rings is 2. The highest BCUT2D eigenvalue weighted by Gasteiger charge is 2.14. The summed E-state index contributed by atoms with van der Waals surface area (Å²) in [7, 11) is 3.84. The molecule has 0 saturated heterocycles. The molecule has 2 aromatic heterocycles. The summed E-state index contributed by atoms with van der Waals surface area (Å²) in [5.41, 5.74) is 1.78. The van der Waals surface area contributed by atoms with Gasteiger partial charge >= 0.3 is 0 Å². The van der Waals surface area contributed by atoms with Gasteiger partial charge in [0.1, 0.15) is 5.82 Å². The van der Waals surface area contributed by atoms with E-state index in [-0.39, 0.29) is 0 Å². The van der Waals surface area contributed by atoms with Crippen molar-refractivity contribution < 1.29 is 10.2 Å². The summed E-state index contributed by atoms with van der Waals surface area (Å²) in [6, 6.07) is 3.90. The van der Waals surface area contributed by atoms with Crippen molar-refractivity contribution in [1.82, 2.24) is 9.97 Å². The number of anilines is 2. The molecule has 0 bridgehead atoms. The molecular weight excluding hydrogens is 280 g/mol. The first-order chi connectivity index (χ1) is 10.4. The Kier molecular flexibility index (Phi) is 5.15. The van der Waals surface area contributed by atoms with Crippen molar-refractivity contribution in [3.8, 4) is 0 Å². The van der Waals surface area contributed by atoms with Crippen LogP contribution in [0.1, 0.15) is 13.8 Å². The molecule has 2 atom stereocenters. The second-order valence-corrected chi connectivity index (χ2v) is 5.85. The monoisotopic (exact) mass is 304 g/mol. The van der Waals surface area contributed by atoms with Crippen LogP contribution in [-0.4, -0.2) is 59.6 Å². The Labute approximate surface area is 131 Å². The molecule has 0 amide bonds. The Hall–Kier alpha value is -1.92. The van der Waals surface area contributed by atoms with Crippen LogP contribution in [0.3, 0.4) is 0 Å². The minimum absolute atomic E-state index is 0.423. The molecule has 2 aromatic rings. The summed E-state index contributed by atoms with van der Waals surface area (Å²) in [5, 5.41) is 20.2. The third kappa shape index (κ3) is 3.84. The lowest BCUT2D eigenvalue weighted by atomic mass is 10.2. The average Bonchev–Trinajstić information content (AvgIpc) is 2.44. The molecule has 22 heavy (non-hydrogen) atoms. The van der Waals surface area contributed by atoms with E-state index in [9.17, 15) is 10.2 Å². The van der Waals surface area contributed by atoms with Gasteiger partial charge in [0.25, 0.3) is 0 Å². The van der Waals surface area contributed by atoms with Crippen LogP contribution in [0.4, 0.5) is 11.5 Å². The Morgan fingerprint density at radius 2 is 1.73 bits per heavy atom. The van der Waals surface area contributed by atoms with Gasteiger partial charge in [0.2, 0.25) is 0 Å². The molecular formula is C16H24N4O2. The van der Waals surface area contributed by atoms with E-state index in [1.807, 2.05) is 36.0 Å². The number of rotatable bonds is 6. The van der Waals surface area contributed by atoms with E-state index in [1.54, 1.807) is 26.2 Å². The van der Waals surface area contributed by atoms with E-state index in [2.05, 4.69) is 9.97 Å². The predicted molar refractivity (Wildman–Crippen MR) is 89.4 cm³/mol. The molecule has 2 heterocycles. The molecule has 120 valence electrons. The topological polar surface area (TPSA) is 72.7 Å². The molecule has 6 nitrogen and oxygen atoms in total. The standard InChI is InChI=1S/C16H24N4O2/c1-11(21)9-19(3)15-7-16(20(4)10-12(2)22)18-14-8-17-6-5-13(14)15/h5-8,11-12,21-22H,9-10H2,1-4H3/t11-,12-/m0/s1. The highest BCUT2D eigenvalue weighted by molar-refractivity contribution is 5.93. The van der Waals surface area contributed by atoms with Crippen LogP contribution >= 0.6 is 0 Å². The maximum absolute atomic E-state index is 9.64. The molecule has 0 aliphatic rings. The SMILES string of the molecule is C[C@H](O)CN(C)c1cc(N(C)C[C@H](C)O)c2ccncc2n1. The maximum atomic E-state index is 9.64. The van der Waals surface area contributed by atoms with E-state index in [0.717, 1.165) is 22.4 Å². The lowest BCUT2D eigenvalue weighted by Gasteiger charge is -2.26. The molecule has 0 aromatic carbocycles. The highest BCUT2D eigenvalue weighted by Crippen LogP contribution is 2.28. The zero-order chi connectivity index (χ0) is 16.3. The van der Waals surface area contributed by atoms with Gasteiger partial charge in [0.15, 0.2) is 0 Å². The van der Waals surface area contributed by atoms with Crippen LogP contribution in [0.5, 0.6) is 0 Å². The van der Waals surface area contributed by atoms with Crippen LogP contribution in [0.25, 0.3) is 10.9 Å². The number of aromatic nitrogens is 2. The molecule has 2 N–H and O–H groups in total. The third-order valence-corrected chi connectivity index (χ3v) is 3.46. The van der Waals surface area contributed by atoms with Crippen molar-refractivity contribution in [1.29, 1.82) is 0 Å². The van der Waals surface area contributed by atoms with Gasteiger partial charge in [0, 0.05) is 50.5 Å². The van der Waals surface area contributed by atoms with Crippen molar-refractivity contribution in [2.45, 2.75) is 26.1 Å². The van der Waals surface area contributed by atoms with Crippen molar-refractivity contribution in [2.75, 3.05) is 37.0 Å². The zero-order valence-corrected chi connectivity index (χ0v) is 13.6. The van der Waals surface area contributed by atoms with Crippen molar-refractivity contribution in [3.05, 3.63) is 24.5 Å². The number of hydrogen-bond donors (Lipinski definition) is 2. The van der Waals surface area contributed by atoms with Gasteiger partial charge in [-0.15, -0.1) is 0 Å². The molecule has 0 fully saturated rings. The van der Waals surface area contributed by atoms with Gasteiger partial charge in [-0.2, -0.15) is 0 Å². The summed E-state index contributed by atoms with van der Waals surface area (Å²) in [6.45, 7) is 4.54. The minimum atomic E-state index is -0.435. The van der Waals surface area contributed by atoms with Crippen LogP contribution < -0.4 is 9.80 Å².